The molecule has 2 rings (SSSR count). The van der Waals surface area contributed by atoms with Gasteiger partial charge in [0.1, 0.15) is 12.0 Å². The fourth-order valence-corrected chi connectivity index (χ4v) is 1.22. The molecule has 16 heavy (non-hydrogen) atoms. The molecule has 0 aliphatic rings. The van der Waals surface area contributed by atoms with Crippen molar-refractivity contribution in [2.45, 2.75) is 0 Å². The van der Waals surface area contributed by atoms with E-state index in [1.807, 2.05) is 0 Å². The van der Waals surface area contributed by atoms with E-state index in [4.69, 9.17) is 5.11 Å². The first-order valence-corrected chi connectivity index (χ1v) is 4.34. The summed E-state index contributed by atoms with van der Waals surface area (Å²) in [5.41, 5.74) is -0.306. The molecule has 0 bridgehead atoms. The number of carboxylic acid groups (broad SMARTS) is 1. The molecule has 0 amide bonds. The molecule has 0 aromatic carbocycles. The molecular weight excluding hydrogens is 213 g/mol. The minimum absolute atomic E-state index is 0.0690. The maximum absolute atomic E-state index is 13.7. The van der Waals surface area contributed by atoms with E-state index >= 15 is 0 Å². The number of carbonyl (C=O) groups is 1. The second kappa shape index (κ2) is 4.01. The fraction of sp³-hybridized carbons (Fsp3) is 0. The first kappa shape index (κ1) is 10.2. The monoisotopic (exact) mass is 219 g/mol. The molecule has 80 valence electrons. The molecule has 0 aliphatic heterocycles. The number of hydrogen-bond acceptors (Lipinski definition) is 4. The maximum atomic E-state index is 13.7. The SMILES string of the molecule is O=C(O)c1ncnc(-c2cccnc2)c1F. The van der Waals surface area contributed by atoms with Crippen LogP contribution >= 0.6 is 0 Å². The largest absolute Gasteiger partial charge is 0.476 e. The smallest absolute Gasteiger partial charge is 0.357 e. The highest BCUT2D eigenvalue weighted by Gasteiger charge is 2.17. The van der Waals surface area contributed by atoms with E-state index in [1.54, 1.807) is 12.1 Å². The van der Waals surface area contributed by atoms with Gasteiger partial charge in [0.2, 0.25) is 0 Å². The summed E-state index contributed by atoms with van der Waals surface area (Å²) in [6, 6.07) is 3.20. The predicted molar refractivity (Wildman–Crippen MR) is 52.2 cm³/mol. The molecule has 2 aromatic heterocycles. The molecule has 0 saturated carbocycles. The van der Waals surface area contributed by atoms with E-state index in [0.717, 1.165) is 6.33 Å². The van der Waals surface area contributed by atoms with E-state index in [-0.39, 0.29) is 5.69 Å². The topological polar surface area (TPSA) is 76.0 Å². The van der Waals surface area contributed by atoms with Gasteiger partial charge in [-0.05, 0) is 12.1 Å². The lowest BCUT2D eigenvalue weighted by Crippen LogP contribution is -2.06. The average molecular weight is 219 g/mol. The summed E-state index contributed by atoms with van der Waals surface area (Å²) in [5.74, 6) is -2.38. The molecule has 0 fully saturated rings. The maximum Gasteiger partial charge on any atom is 0.357 e. The summed E-state index contributed by atoms with van der Waals surface area (Å²) < 4.78 is 13.7. The van der Waals surface area contributed by atoms with Crippen molar-refractivity contribution < 1.29 is 14.3 Å². The Kier molecular flexibility index (Phi) is 2.55. The van der Waals surface area contributed by atoms with Gasteiger partial charge in [-0.2, -0.15) is 0 Å². The summed E-state index contributed by atoms with van der Waals surface area (Å²) in [6.07, 6.45) is 3.94. The minimum atomic E-state index is -1.43. The summed E-state index contributed by atoms with van der Waals surface area (Å²) >= 11 is 0. The number of hydrogen-bond donors (Lipinski definition) is 1. The highest BCUT2D eigenvalue weighted by Crippen LogP contribution is 2.20. The summed E-state index contributed by atoms with van der Waals surface area (Å²) in [4.78, 5) is 21.5. The van der Waals surface area contributed by atoms with Crippen LogP contribution in [0, 0.1) is 5.82 Å². The molecule has 0 radical (unpaired) electrons. The quantitative estimate of drug-likeness (QED) is 0.825. The van der Waals surface area contributed by atoms with E-state index < -0.39 is 17.5 Å². The second-order valence-corrected chi connectivity index (χ2v) is 2.93. The van der Waals surface area contributed by atoms with Gasteiger partial charge >= 0.3 is 5.97 Å². The van der Waals surface area contributed by atoms with Gasteiger partial charge in [-0.15, -0.1) is 0 Å². The van der Waals surface area contributed by atoms with Crippen molar-refractivity contribution in [1.82, 2.24) is 15.0 Å². The molecule has 5 nitrogen and oxygen atoms in total. The number of halogens is 1. The Morgan fingerprint density at radius 2 is 2.19 bits per heavy atom. The number of aromatic nitrogens is 3. The van der Waals surface area contributed by atoms with Gasteiger partial charge < -0.3 is 5.11 Å². The molecule has 6 heteroatoms. The zero-order chi connectivity index (χ0) is 11.5. The van der Waals surface area contributed by atoms with Gasteiger partial charge in [-0.25, -0.2) is 19.2 Å². The summed E-state index contributed by atoms with van der Waals surface area (Å²) in [7, 11) is 0. The van der Waals surface area contributed by atoms with Gasteiger partial charge in [0.25, 0.3) is 0 Å². The number of rotatable bonds is 2. The van der Waals surface area contributed by atoms with Crippen molar-refractivity contribution in [3.05, 3.63) is 42.4 Å². The third-order valence-electron chi connectivity index (χ3n) is 1.93. The van der Waals surface area contributed by atoms with Crippen LogP contribution in [0.3, 0.4) is 0 Å². The van der Waals surface area contributed by atoms with Crippen LogP contribution in [0.4, 0.5) is 4.39 Å². The molecule has 2 aromatic rings. The molecule has 0 atom stereocenters. The van der Waals surface area contributed by atoms with Crippen molar-refractivity contribution >= 4 is 5.97 Å². The molecule has 1 N–H and O–H groups in total. The molecular formula is C10H6FN3O2. The third kappa shape index (κ3) is 1.72. The van der Waals surface area contributed by atoms with E-state index in [9.17, 15) is 9.18 Å². The average Bonchev–Trinajstić information content (AvgIpc) is 2.30. The Morgan fingerprint density at radius 1 is 1.38 bits per heavy atom. The van der Waals surface area contributed by atoms with Crippen LogP contribution in [0.5, 0.6) is 0 Å². The Morgan fingerprint density at radius 3 is 2.81 bits per heavy atom. The third-order valence-corrected chi connectivity index (χ3v) is 1.93. The van der Waals surface area contributed by atoms with Crippen LogP contribution < -0.4 is 0 Å². The van der Waals surface area contributed by atoms with Gasteiger partial charge in [-0.3, -0.25) is 4.98 Å². The van der Waals surface area contributed by atoms with Crippen molar-refractivity contribution in [3.63, 3.8) is 0 Å². The molecule has 0 unspecified atom stereocenters. The van der Waals surface area contributed by atoms with Crippen LogP contribution in [0.2, 0.25) is 0 Å². The predicted octanol–water partition coefficient (Wildman–Crippen LogP) is 1.38. The van der Waals surface area contributed by atoms with Crippen LogP contribution in [0.25, 0.3) is 11.3 Å². The second-order valence-electron chi connectivity index (χ2n) is 2.93. The first-order chi connectivity index (χ1) is 7.70. The lowest BCUT2D eigenvalue weighted by atomic mass is 10.2. The number of nitrogens with zero attached hydrogens (tertiary/aromatic N) is 3. The normalized spacial score (nSPS) is 10.1. The molecule has 2 heterocycles. The van der Waals surface area contributed by atoms with Crippen molar-refractivity contribution in [2.75, 3.05) is 0 Å². The van der Waals surface area contributed by atoms with Gasteiger partial charge in [-0.1, -0.05) is 0 Å². The Bertz CT molecular complexity index is 531. The molecule has 0 aliphatic carbocycles. The highest BCUT2D eigenvalue weighted by molar-refractivity contribution is 5.87. The zero-order valence-corrected chi connectivity index (χ0v) is 7.96. The number of aromatic carboxylic acids is 1. The number of pyridine rings is 1. The standard InChI is InChI=1S/C10H6FN3O2/c11-7-8(6-2-1-3-12-4-6)13-5-14-9(7)10(15)16/h1-5H,(H,15,16). The highest BCUT2D eigenvalue weighted by atomic mass is 19.1. The molecule has 0 saturated heterocycles. The van der Waals surface area contributed by atoms with Gasteiger partial charge in [0, 0.05) is 18.0 Å². The minimum Gasteiger partial charge on any atom is -0.476 e. The Balaban J connectivity index is 2.59. The van der Waals surface area contributed by atoms with Gasteiger partial charge in [0.05, 0.1) is 0 Å². The van der Waals surface area contributed by atoms with Crippen LogP contribution in [0.1, 0.15) is 10.5 Å². The van der Waals surface area contributed by atoms with Crippen molar-refractivity contribution in [2.24, 2.45) is 0 Å². The van der Waals surface area contributed by atoms with Crippen molar-refractivity contribution in [1.29, 1.82) is 0 Å². The van der Waals surface area contributed by atoms with Crippen LogP contribution in [0.15, 0.2) is 30.9 Å². The van der Waals surface area contributed by atoms with Crippen LogP contribution in [-0.2, 0) is 0 Å². The first-order valence-electron chi connectivity index (χ1n) is 4.34. The fourth-order valence-electron chi connectivity index (χ4n) is 1.22. The van der Waals surface area contributed by atoms with Gasteiger partial charge in [0.15, 0.2) is 11.5 Å². The summed E-state index contributed by atoms with van der Waals surface area (Å²) in [6.45, 7) is 0. The molecule has 0 spiro atoms. The summed E-state index contributed by atoms with van der Waals surface area (Å²) in [5, 5.41) is 8.69. The van der Waals surface area contributed by atoms with Crippen LogP contribution in [-0.4, -0.2) is 26.0 Å². The lowest BCUT2D eigenvalue weighted by Gasteiger charge is -2.02. The number of carboxylic acids is 1. The van der Waals surface area contributed by atoms with Crippen molar-refractivity contribution in [3.8, 4) is 11.3 Å². The Hall–Kier alpha value is -2.37. The lowest BCUT2D eigenvalue weighted by molar-refractivity contribution is 0.0684. The van der Waals surface area contributed by atoms with E-state index in [2.05, 4.69) is 15.0 Å². The van der Waals surface area contributed by atoms with E-state index in [0.29, 0.717) is 5.56 Å². The Labute approximate surface area is 89.6 Å². The zero-order valence-electron chi connectivity index (χ0n) is 7.96. The van der Waals surface area contributed by atoms with E-state index in [1.165, 1.54) is 12.4 Å².